The first kappa shape index (κ1) is 28.2. The minimum Gasteiger partial charge on any atom is -0.493 e. The van der Waals surface area contributed by atoms with Crippen LogP contribution >= 0.6 is 0 Å². The number of benzene rings is 1. The molecule has 0 aromatic heterocycles. The first-order valence-electron chi connectivity index (χ1n) is 11.3. The van der Waals surface area contributed by atoms with Crippen LogP contribution in [0.25, 0.3) is 0 Å². The number of hydrogen-bond donors (Lipinski definition) is 3. The van der Waals surface area contributed by atoms with Crippen LogP contribution in [0.3, 0.4) is 0 Å². The number of rotatable bonds is 16. The Morgan fingerprint density at radius 2 is 1.84 bits per heavy atom. The molecule has 0 spiro atoms. The molecular weight excluding hydrogens is 412 g/mol. The van der Waals surface area contributed by atoms with Gasteiger partial charge < -0.3 is 35.1 Å². The highest BCUT2D eigenvalue weighted by Crippen LogP contribution is 2.31. The summed E-state index contributed by atoms with van der Waals surface area (Å²) in [6.45, 7) is 7.24. The second-order valence-electron chi connectivity index (χ2n) is 8.48. The van der Waals surface area contributed by atoms with Crippen LogP contribution in [0, 0.1) is 11.8 Å². The zero-order valence-electron chi connectivity index (χ0n) is 20.4. The molecule has 0 bridgehead atoms. The molecule has 1 aromatic carbocycles. The molecule has 32 heavy (non-hydrogen) atoms. The molecule has 8 nitrogen and oxygen atoms in total. The topological polar surface area (TPSA) is 112 Å². The summed E-state index contributed by atoms with van der Waals surface area (Å²) in [5, 5.41) is 13.1. The van der Waals surface area contributed by atoms with Crippen molar-refractivity contribution in [1.82, 2.24) is 5.32 Å². The van der Waals surface area contributed by atoms with Crippen LogP contribution in [0.2, 0.25) is 0 Å². The Labute approximate surface area is 192 Å². The Kier molecular flexibility index (Phi) is 13.2. The third-order valence-corrected chi connectivity index (χ3v) is 5.70. The number of ether oxygens (including phenoxy) is 4. The summed E-state index contributed by atoms with van der Waals surface area (Å²) in [5.41, 5.74) is 7.41. The van der Waals surface area contributed by atoms with Crippen LogP contribution in [0.5, 0.6) is 11.5 Å². The van der Waals surface area contributed by atoms with Crippen molar-refractivity contribution in [1.29, 1.82) is 0 Å². The standard InChI is InChI=1S/C24H42N2O6/c1-16(2)19(14-20(25)21(27)15-26-24(28)17(3)30-5)12-18-8-9-22(31-6)23(13-18)32-11-7-10-29-4/h8-9,13,16-17,19-21,27H,7,10-12,14-15,25H2,1-6H3,(H,26,28)/t17-,19?,20?,21?/m1/s1. The molecule has 0 fully saturated rings. The van der Waals surface area contributed by atoms with Crippen LogP contribution in [0.4, 0.5) is 0 Å². The van der Waals surface area contributed by atoms with Crippen LogP contribution in [0.1, 0.15) is 39.2 Å². The maximum absolute atomic E-state index is 11.9. The fourth-order valence-electron chi connectivity index (χ4n) is 3.35. The molecular formula is C24H42N2O6. The van der Waals surface area contributed by atoms with Gasteiger partial charge in [0.25, 0.3) is 0 Å². The van der Waals surface area contributed by atoms with Crippen molar-refractivity contribution < 1.29 is 28.8 Å². The third-order valence-electron chi connectivity index (χ3n) is 5.70. The monoisotopic (exact) mass is 454 g/mol. The van der Waals surface area contributed by atoms with Gasteiger partial charge >= 0.3 is 0 Å². The molecule has 0 saturated heterocycles. The number of amides is 1. The number of carbonyl (C=O) groups is 1. The molecule has 1 aromatic rings. The van der Waals surface area contributed by atoms with Gasteiger partial charge in [-0.15, -0.1) is 0 Å². The number of aliphatic hydroxyl groups is 1. The van der Waals surface area contributed by atoms with E-state index >= 15 is 0 Å². The second-order valence-corrected chi connectivity index (χ2v) is 8.48. The first-order valence-corrected chi connectivity index (χ1v) is 11.3. The predicted molar refractivity (Wildman–Crippen MR) is 125 cm³/mol. The Hall–Kier alpha value is -1.87. The Morgan fingerprint density at radius 3 is 2.44 bits per heavy atom. The number of carbonyl (C=O) groups excluding carboxylic acids is 1. The summed E-state index contributed by atoms with van der Waals surface area (Å²) in [7, 11) is 4.76. The lowest BCUT2D eigenvalue weighted by molar-refractivity contribution is -0.130. The molecule has 0 aliphatic carbocycles. The summed E-state index contributed by atoms with van der Waals surface area (Å²) >= 11 is 0. The van der Waals surface area contributed by atoms with Gasteiger partial charge in [-0.2, -0.15) is 0 Å². The number of nitrogens with one attached hydrogen (secondary N) is 1. The van der Waals surface area contributed by atoms with Crippen molar-refractivity contribution in [2.75, 3.05) is 41.1 Å². The second kappa shape index (κ2) is 15.1. The lowest BCUT2D eigenvalue weighted by Crippen LogP contribution is -2.46. The van der Waals surface area contributed by atoms with Gasteiger partial charge in [0.2, 0.25) is 5.91 Å². The van der Waals surface area contributed by atoms with Gasteiger partial charge in [0.05, 0.1) is 19.8 Å². The van der Waals surface area contributed by atoms with Crippen molar-refractivity contribution in [3.05, 3.63) is 23.8 Å². The fraction of sp³-hybridized carbons (Fsp3) is 0.708. The molecule has 0 aliphatic rings. The highest BCUT2D eigenvalue weighted by Gasteiger charge is 2.24. The molecule has 0 radical (unpaired) electrons. The SMILES string of the molecule is COCCCOc1cc(CC(CC(N)C(O)CNC(=O)[C@@H](C)OC)C(C)C)ccc1OC. The van der Waals surface area contributed by atoms with Crippen molar-refractivity contribution in [3.63, 3.8) is 0 Å². The Bertz CT molecular complexity index is 670. The highest BCUT2D eigenvalue weighted by molar-refractivity contribution is 5.80. The van der Waals surface area contributed by atoms with E-state index in [1.54, 1.807) is 21.1 Å². The van der Waals surface area contributed by atoms with Gasteiger partial charge in [-0.25, -0.2) is 0 Å². The lowest BCUT2D eigenvalue weighted by Gasteiger charge is -2.27. The average Bonchev–Trinajstić information content (AvgIpc) is 2.78. The molecule has 0 saturated carbocycles. The quantitative estimate of drug-likeness (QED) is 0.328. The summed E-state index contributed by atoms with van der Waals surface area (Å²) in [6, 6.07) is 5.50. The predicted octanol–water partition coefficient (Wildman–Crippen LogP) is 2.15. The van der Waals surface area contributed by atoms with Crippen molar-refractivity contribution in [2.45, 2.75) is 58.3 Å². The van der Waals surface area contributed by atoms with E-state index in [2.05, 4.69) is 19.2 Å². The van der Waals surface area contributed by atoms with Crippen molar-refractivity contribution >= 4 is 5.91 Å². The zero-order valence-corrected chi connectivity index (χ0v) is 20.4. The van der Waals surface area contributed by atoms with Crippen LogP contribution in [0.15, 0.2) is 18.2 Å². The maximum atomic E-state index is 11.9. The van der Waals surface area contributed by atoms with Gasteiger partial charge in [-0.3, -0.25) is 4.79 Å². The van der Waals surface area contributed by atoms with E-state index in [1.165, 1.54) is 7.11 Å². The van der Waals surface area contributed by atoms with Gasteiger partial charge in [0.15, 0.2) is 11.5 Å². The van der Waals surface area contributed by atoms with Gasteiger partial charge in [-0.05, 0) is 49.3 Å². The van der Waals surface area contributed by atoms with Crippen molar-refractivity contribution in [3.8, 4) is 11.5 Å². The summed E-state index contributed by atoms with van der Waals surface area (Å²) in [4.78, 5) is 11.9. The Balaban J connectivity index is 2.74. The van der Waals surface area contributed by atoms with E-state index in [0.717, 1.165) is 18.4 Å². The molecule has 8 heteroatoms. The van der Waals surface area contributed by atoms with Gasteiger partial charge in [0, 0.05) is 39.8 Å². The molecule has 1 rings (SSSR count). The molecule has 3 unspecified atom stereocenters. The van der Waals surface area contributed by atoms with Gasteiger partial charge in [0.1, 0.15) is 6.10 Å². The van der Waals surface area contributed by atoms with E-state index < -0.39 is 18.2 Å². The Morgan fingerprint density at radius 1 is 1.12 bits per heavy atom. The molecule has 0 aliphatic heterocycles. The zero-order chi connectivity index (χ0) is 24.1. The van der Waals surface area contributed by atoms with E-state index in [4.69, 9.17) is 24.7 Å². The van der Waals surface area contributed by atoms with Gasteiger partial charge in [-0.1, -0.05) is 19.9 Å². The number of methoxy groups -OCH3 is 3. The first-order chi connectivity index (χ1) is 15.2. The number of nitrogens with two attached hydrogens (primary N) is 1. The average molecular weight is 455 g/mol. The lowest BCUT2D eigenvalue weighted by atomic mass is 9.83. The smallest absolute Gasteiger partial charge is 0.248 e. The minimum atomic E-state index is -0.834. The summed E-state index contributed by atoms with van der Waals surface area (Å²) in [6.07, 6.45) is 0.821. The van der Waals surface area contributed by atoms with E-state index in [9.17, 15) is 9.90 Å². The van der Waals surface area contributed by atoms with Crippen LogP contribution in [-0.4, -0.2) is 70.4 Å². The summed E-state index contributed by atoms with van der Waals surface area (Å²) < 4.78 is 21.4. The maximum Gasteiger partial charge on any atom is 0.248 e. The van der Waals surface area contributed by atoms with E-state index in [1.807, 2.05) is 18.2 Å². The molecule has 1 amide bonds. The normalized spacial score (nSPS) is 15.2. The largest absolute Gasteiger partial charge is 0.493 e. The highest BCUT2D eigenvalue weighted by atomic mass is 16.5. The molecule has 4 N–H and O–H groups in total. The number of hydrogen-bond acceptors (Lipinski definition) is 7. The molecule has 184 valence electrons. The van der Waals surface area contributed by atoms with Crippen molar-refractivity contribution in [2.24, 2.45) is 17.6 Å². The van der Waals surface area contributed by atoms with Crippen LogP contribution < -0.4 is 20.5 Å². The molecule has 0 heterocycles. The number of aliphatic hydroxyl groups excluding tert-OH is 1. The molecule has 4 atom stereocenters. The third kappa shape index (κ3) is 9.73. The minimum absolute atomic E-state index is 0.0977. The van der Waals surface area contributed by atoms with E-state index in [-0.39, 0.29) is 18.4 Å². The van der Waals surface area contributed by atoms with Crippen LogP contribution in [-0.2, 0) is 20.7 Å². The summed E-state index contributed by atoms with van der Waals surface area (Å²) in [5.74, 6) is 1.76. The van der Waals surface area contributed by atoms with E-state index in [0.29, 0.717) is 37.1 Å². The fourth-order valence-corrected chi connectivity index (χ4v) is 3.35.